The van der Waals surface area contributed by atoms with Crippen molar-refractivity contribution >= 4 is 34.6 Å². The lowest BCUT2D eigenvalue weighted by Gasteiger charge is -2.28. The lowest BCUT2D eigenvalue weighted by Crippen LogP contribution is -2.33. The third-order valence-electron chi connectivity index (χ3n) is 6.60. The number of nitro benzene ring substituents is 1. The Morgan fingerprint density at radius 2 is 1.92 bits per heavy atom. The molecular formula is C28H26N6O3S. The number of anilines is 1. The number of para-hydroxylation sites is 1. The number of nitrogens with one attached hydrogen (secondary N) is 2. The Morgan fingerprint density at radius 3 is 2.68 bits per heavy atom. The minimum Gasteiger partial charge on any atom is -0.352 e. The predicted octanol–water partition coefficient (Wildman–Crippen LogP) is 5.09. The van der Waals surface area contributed by atoms with Crippen LogP contribution in [0.15, 0.2) is 91.3 Å². The minimum absolute atomic E-state index is 0.00762. The van der Waals surface area contributed by atoms with Crippen LogP contribution in [0.25, 0.3) is 5.69 Å². The quantitative estimate of drug-likeness (QED) is 0.187. The molecule has 5 rings (SSSR count). The second-order valence-corrected chi connectivity index (χ2v) is 9.40. The predicted molar refractivity (Wildman–Crippen MR) is 149 cm³/mol. The lowest BCUT2D eigenvalue weighted by molar-refractivity contribution is -0.384. The highest BCUT2D eigenvalue weighted by Crippen LogP contribution is 2.39. The normalized spacial score (nSPS) is 16.8. The summed E-state index contributed by atoms with van der Waals surface area (Å²) in [5.41, 5.74) is 4.11. The molecule has 3 heterocycles. The van der Waals surface area contributed by atoms with Crippen LogP contribution in [0.2, 0.25) is 0 Å². The maximum Gasteiger partial charge on any atom is 0.271 e. The molecule has 0 saturated carbocycles. The average Bonchev–Trinajstić information content (AvgIpc) is 3.53. The molecule has 10 heteroatoms. The zero-order valence-electron chi connectivity index (χ0n) is 20.7. The van der Waals surface area contributed by atoms with Crippen molar-refractivity contribution in [1.29, 1.82) is 0 Å². The van der Waals surface area contributed by atoms with E-state index in [-0.39, 0.29) is 30.1 Å². The van der Waals surface area contributed by atoms with Crippen molar-refractivity contribution in [1.82, 2.24) is 19.8 Å². The van der Waals surface area contributed by atoms with Gasteiger partial charge >= 0.3 is 0 Å². The van der Waals surface area contributed by atoms with E-state index in [1.165, 1.54) is 6.07 Å². The van der Waals surface area contributed by atoms with Crippen LogP contribution in [0, 0.1) is 17.0 Å². The fraction of sp³-hybridized carbons (Fsp3) is 0.179. The van der Waals surface area contributed by atoms with Gasteiger partial charge in [-0.15, -0.1) is 0 Å². The first kappa shape index (κ1) is 25.1. The molecule has 1 aliphatic rings. The number of carbonyl (C=O) groups is 1. The van der Waals surface area contributed by atoms with Crippen LogP contribution in [-0.4, -0.2) is 36.9 Å². The van der Waals surface area contributed by atoms with Crippen molar-refractivity contribution in [3.05, 3.63) is 118 Å². The Labute approximate surface area is 225 Å². The van der Waals surface area contributed by atoms with Crippen LogP contribution in [0.3, 0.4) is 0 Å². The smallest absolute Gasteiger partial charge is 0.271 e. The zero-order valence-corrected chi connectivity index (χ0v) is 21.5. The Kier molecular flexibility index (Phi) is 7.14. The van der Waals surface area contributed by atoms with Crippen LogP contribution < -0.4 is 10.6 Å². The van der Waals surface area contributed by atoms with E-state index in [2.05, 4.69) is 15.6 Å². The fourth-order valence-corrected chi connectivity index (χ4v) is 5.07. The van der Waals surface area contributed by atoms with Crippen molar-refractivity contribution in [2.45, 2.75) is 25.4 Å². The molecule has 1 amide bonds. The van der Waals surface area contributed by atoms with Crippen LogP contribution in [0.4, 0.5) is 11.4 Å². The molecule has 0 aliphatic carbocycles. The standard InChI is InChI=1S/C28H26N6O3S/c1-19-8-2-3-11-22(19)30-25(35)14-17-33-27(26(31-28(33)38)23-12-4-5-15-29-23)24-13-7-16-32(24)20-9-6-10-21(18-20)34(36)37/h2-13,15-16,18,26-27H,14,17H2,1H3,(H,30,35)(H,31,38)/t26-,27-/m0/s1. The molecule has 0 spiro atoms. The molecular weight excluding hydrogens is 500 g/mol. The highest BCUT2D eigenvalue weighted by atomic mass is 32.1. The molecule has 2 aromatic heterocycles. The summed E-state index contributed by atoms with van der Waals surface area (Å²) in [5, 5.41) is 18.3. The monoisotopic (exact) mass is 526 g/mol. The van der Waals surface area contributed by atoms with Gasteiger partial charge in [-0.1, -0.05) is 30.3 Å². The van der Waals surface area contributed by atoms with Crippen LogP contribution >= 0.6 is 12.2 Å². The summed E-state index contributed by atoms with van der Waals surface area (Å²) < 4.78 is 1.92. The summed E-state index contributed by atoms with van der Waals surface area (Å²) in [6.45, 7) is 2.32. The first-order valence-electron chi connectivity index (χ1n) is 12.2. The van der Waals surface area contributed by atoms with Gasteiger partial charge in [-0.3, -0.25) is 19.9 Å². The molecule has 0 radical (unpaired) electrons. The molecule has 4 aromatic rings. The summed E-state index contributed by atoms with van der Waals surface area (Å²) in [7, 11) is 0. The number of hydrogen-bond acceptors (Lipinski definition) is 5. The number of non-ortho nitro benzene ring substituents is 1. The van der Waals surface area contributed by atoms with Crippen LogP contribution in [0.5, 0.6) is 0 Å². The Hall–Kier alpha value is -4.57. The molecule has 0 unspecified atom stereocenters. The van der Waals surface area contributed by atoms with E-state index in [4.69, 9.17) is 12.2 Å². The largest absolute Gasteiger partial charge is 0.352 e. The number of nitro groups is 1. The van der Waals surface area contributed by atoms with Gasteiger partial charge in [-0.2, -0.15) is 0 Å². The summed E-state index contributed by atoms with van der Waals surface area (Å²) in [6.07, 6.45) is 3.82. The number of thiocarbonyl (C=S) groups is 1. The zero-order chi connectivity index (χ0) is 26.6. The van der Waals surface area contributed by atoms with Gasteiger partial charge in [0.1, 0.15) is 0 Å². The van der Waals surface area contributed by atoms with Gasteiger partial charge in [0, 0.05) is 48.9 Å². The van der Waals surface area contributed by atoms with Crippen LogP contribution in [0.1, 0.15) is 35.5 Å². The van der Waals surface area contributed by atoms with Crippen molar-refractivity contribution < 1.29 is 9.72 Å². The summed E-state index contributed by atoms with van der Waals surface area (Å²) in [6, 6.07) is 23.1. The number of aromatic nitrogens is 2. The SMILES string of the molecule is Cc1ccccc1NC(=O)CCN1C(=S)N[C@@H](c2ccccn2)[C@@H]1c1cccn1-c1cccc([N+](=O)[O-])c1. The number of benzene rings is 2. The Balaban J connectivity index is 1.47. The number of carbonyl (C=O) groups excluding carboxylic acids is 1. The number of amides is 1. The first-order chi connectivity index (χ1) is 18.4. The second kappa shape index (κ2) is 10.8. The maximum absolute atomic E-state index is 12.9. The maximum atomic E-state index is 12.9. The number of pyridine rings is 1. The molecule has 2 N–H and O–H groups in total. The summed E-state index contributed by atoms with van der Waals surface area (Å²) >= 11 is 5.74. The third-order valence-corrected chi connectivity index (χ3v) is 6.95. The third kappa shape index (κ3) is 5.12. The molecule has 192 valence electrons. The molecule has 2 aromatic carbocycles. The van der Waals surface area contributed by atoms with E-state index in [0.717, 1.165) is 22.6 Å². The van der Waals surface area contributed by atoms with Gasteiger partial charge in [-0.05, 0) is 61.1 Å². The average molecular weight is 527 g/mol. The van der Waals surface area contributed by atoms with Crippen molar-refractivity contribution in [2.24, 2.45) is 0 Å². The lowest BCUT2D eigenvalue weighted by atomic mass is 10.0. The molecule has 1 saturated heterocycles. The number of rotatable bonds is 8. The van der Waals surface area contributed by atoms with Crippen molar-refractivity contribution in [2.75, 3.05) is 11.9 Å². The van der Waals surface area contributed by atoms with E-state index in [0.29, 0.717) is 17.3 Å². The molecule has 0 bridgehead atoms. The van der Waals surface area contributed by atoms with Gasteiger partial charge in [-0.25, -0.2) is 0 Å². The fourth-order valence-electron chi connectivity index (χ4n) is 4.74. The molecule has 9 nitrogen and oxygen atoms in total. The van der Waals surface area contributed by atoms with E-state index in [9.17, 15) is 14.9 Å². The molecule has 2 atom stereocenters. The van der Waals surface area contributed by atoms with Crippen molar-refractivity contribution in [3.8, 4) is 5.69 Å². The van der Waals surface area contributed by atoms with E-state index in [1.54, 1.807) is 18.3 Å². The number of aryl methyl sites for hydroxylation is 1. The van der Waals surface area contributed by atoms with Gasteiger partial charge in [0.2, 0.25) is 5.91 Å². The van der Waals surface area contributed by atoms with E-state index in [1.807, 2.05) is 83.3 Å². The van der Waals surface area contributed by atoms with E-state index < -0.39 is 4.92 Å². The Bertz CT molecular complexity index is 1490. The van der Waals surface area contributed by atoms with E-state index >= 15 is 0 Å². The summed E-state index contributed by atoms with van der Waals surface area (Å²) in [4.78, 5) is 30.4. The second-order valence-electron chi connectivity index (χ2n) is 9.01. The van der Waals surface area contributed by atoms with Gasteiger partial charge in [0.05, 0.1) is 28.4 Å². The summed E-state index contributed by atoms with van der Waals surface area (Å²) in [5.74, 6) is -0.115. The topological polar surface area (TPSA) is 105 Å². The van der Waals surface area contributed by atoms with Gasteiger partial charge < -0.3 is 20.1 Å². The van der Waals surface area contributed by atoms with Crippen LogP contribution in [-0.2, 0) is 4.79 Å². The van der Waals surface area contributed by atoms with Gasteiger partial charge in [0.25, 0.3) is 5.69 Å². The minimum atomic E-state index is -0.408. The number of nitrogens with zero attached hydrogens (tertiary/aromatic N) is 4. The first-order valence-corrected chi connectivity index (χ1v) is 12.6. The highest BCUT2D eigenvalue weighted by Gasteiger charge is 2.41. The van der Waals surface area contributed by atoms with Gasteiger partial charge in [0.15, 0.2) is 5.11 Å². The molecule has 38 heavy (non-hydrogen) atoms. The molecule has 1 aliphatic heterocycles. The van der Waals surface area contributed by atoms with Crippen molar-refractivity contribution in [3.63, 3.8) is 0 Å². The Morgan fingerprint density at radius 1 is 1.11 bits per heavy atom. The number of hydrogen-bond donors (Lipinski definition) is 2. The highest BCUT2D eigenvalue weighted by molar-refractivity contribution is 7.80. The molecule has 1 fully saturated rings.